The minimum Gasteiger partial charge on any atom is -0.465 e. The summed E-state index contributed by atoms with van der Waals surface area (Å²) in [6.45, 7) is 0. The van der Waals surface area contributed by atoms with E-state index in [-0.39, 0.29) is 0 Å². The van der Waals surface area contributed by atoms with Crippen LogP contribution in [0.3, 0.4) is 0 Å². The van der Waals surface area contributed by atoms with E-state index < -0.39 is 0 Å². The number of hydrogen-bond donors (Lipinski definition) is 0. The molecule has 3 rings (SSSR count). The van der Waals surface area contributed by atoms with Crippen molar-refractivity contribution in [3.63, 3.8) is 0 Å². The lowest BCUT2D eigenvalue weighted by molar-refractivity contribution is 0.274. The predicted octanol–water partition coefficient (Wildman–Crippen LogP) is 4.60. The van der Waals surface area contributed by atoms with Gasteiger partial charge in [-0.2, -0.15) is 0 Å². The maximum Gasteiger partial charge on any atom is 0.179 e. The molecule has 0 amide bonds. The molecule has 3 heteroatoms. The summed E-state index contributed by atoms with van der Waals surface area (Å²) in [4.78, 5) is 1.10. The van der Waals surface area contributed by atoms with Crippen molar-refractivity contribution in [1.82, 2.24) is 0 Å². The van der Waals surface area contributed by atoms with E-state index in [0.29, 0.717) is 0 Å². The Morgan fingerprint density at radius 2 is 2.28 bits per heavy atom. The average Bonchev–Trinajstić information content (AvgIpc) is 2.94. The molecule has 0 N–H and O–H groups in total. The van der Waals surface area contributed by atoms with Crippen LogP contribution in [-0.2, 0) is 9.47 Å². The van der Waals surface area contributed by atoms with Crippen LogP contribution in [0, 0.1) is 0 Å². The molecule has 1 aliphatic heterocycles. The molecule has 18 heavy (non-hydrogen) atoms. The highest BCUT2D eigenvalue weighted by atomic mass is 32.1. The van der Waals surface area contributed by atoms with Crippen LogP contribution in [0.2, 0.25) is 0 Å². The highest BCUT2D eigenvalue weighted by Crippen LogP contribution is 2.30. The average molecular weight is 258 g/mol. The number of thiophene rings is 1. The van der Waals surface area contributed by atoms with Gasteiger partial charge in [0, 0.05) is 6.42 Å². The Labute approximate surface area is 111 Å². The minimum absolute atomic E-state index is 0.800. The molecule has 0 spiro atoms. The van der Waals surface area contributed by atoms with Crippen LogP contribution in [-0.4, -0.2) is 0 Å². The summed E-state index contributed by atoms with van der Waals surface area (Å²) in [5, 5.41) is 2.03. The lowest BCUT2D eigenvalue weighted by atomic mass is 10.0. The maximum atomic E-state index is 5.88. The summed E-state index contributed by atoms with van der Waals surface area (Å²) in [6.07, 6.45) is 12.9. The molecule has 1 aromatic rings. The fourth-order valence-corrected chi connectivity index (χ4v) is 2.66. The lowest BCUT2D eigenvalue weighted by Crippen LogP contribution is -2.00. The SMILES string of the molecule is C1=CCCC(CC2=COC=C(c3cccs3)O2)=C1. The van der Waals surface area contributed by atoms with E-state index in [0.717, 1.165) is 35.7 Å². The highest BCUT2D eigenvalue weighted by molar-refractivity contribution is 7.11. The van der Waals surface area contributed by atoms with Gasteiger partial charge in [-0.3, -0.25) is 0 Å². The fraction of sp³-hybridized carbons (Fsp3) is 0.200. The Balaban J connectivity index is 1.67. The Morgan fingerprint density at radius 3 is 3.06 bits per heavy atom. The van der Waals surface area contributed by atoms with Crippen molar-refractivity contribution in [2.24, 2.45) is 0 Å². The topological polar surface area (TPSA) is 18.5 Å². The van der Waals surface area contributed by atoms with Gasteiger partial charge in [-0.05, 0) is 24.3 Å². The van der Waals surface area contributed by atoms with Crippen molar-refractivity contribution in [2.75, 3.05) is 0 Å². The van der Waals surface area contributed by atoms with Crippen molar-refractivity contribution in [3.8, 4) is 0 Å². The molecule has 1 aliphatic carbocycles. The molecule has 0 atom stereocenters. The minimum atomic E-state index is 0.800. The molecule has 0 fully saturated rings. The van der Waals surface area contributed by atoms with Crippen LogP contribution in [0.4, 0.5) is 0 Å². The van der Waals surface area contributed by atoms with Crippen molar-refractivity contribution in [1.29, 1.82) is 0 Å². The molecule has 0 radical (unpaired) electrons. The number of rotatable bonds is 3. The van der Waals surface area contributed by atoms with E-state index in [1.165, 1.54) is 5.57 Å². The fourth-order valence-electron chi connectivity index (χ4n) is 1.99. The monoisotopic (exact) mass is 258 g/mol. The number of ether oxygens (including phenoxy) is 2. The molecule has 2 aliphatic rings. The molecule has 0 aromatic carbocycles. The van der Waals surface area contributed by atoms with Crippen molar-refractivity contribution in [2.45, 2.75) is 19.3 Å². The molecule has 92 valence electrons. The third kappa shape index (κ3) is 2.57. The van der Waals surface area contributed by atoms with Gasteiger partial charge in [-0.25, -0.2) is 0 Å². The van der Waals surface area contributed by atoms with Crippen LogP contribution in [0.1, 0.15) is 24.1 Å². The zero-order valence-electron chi connectivity index (χ0n) is 9.96. The third-order valence-electron chi connectivity index (χ3n) is 2.88. The second-order valence-electron chi connectivity index (χ2n) is 4.25. The van der Waals surface area contributed by atoms with E-state index in [1.807, 2.05) is 17.5 Å². The highest BCUT2D eigenvalue weighted by Gasteiger charge is 2.14. The first kappa shape index (κ1) is 11.4. The second kappa shape index (κ2) is 5.27. The lowest BCUT2D eigenvalue weighted by Gasteiger charge is -2.17. The zero-order chi connectivity index (χ0) is 12.2. The first-order valence-electron chi connectivity index (χ1n) is 6.03. The Kier molecular flexibility index (Phi) is 3.33. The van der Waals surface area contributed by atoms with Gasteiger partial charge in [0.25, 0.3) is 0 Å². The van der Waals surface area contributed by atoms with Gasteiger partial charge in [0.05, 0.1) is 4.88 Å². The van der Waals surface area contributed by atoms with Crippen LogP contribution >= 0.6 is 11.3 Å². The molecule has 2 heterocycles. The van der Waals surface area contributed by atoms with Gasteiger partial charge >= 0.3 is 0 Å². The van der Waals surface area contributed by atoms with Gasteiger partial charge < -0.3 is 9.47 Å². The van der Waals surface area contributed by atoms with Crippen LogP contribution < -0.4 is 0 Å². The smallest absolute Gasteiger partial charge is 0.179 e. The van der Waals surface area contributed by atoms with Crippen molar-refractivity contribution in [3.05, 3.63) is 64.5 Å². The molecule has 0 saturated heterocycles. The first-order chi connectivity index (χ1) is 8.92. The van der Waals surface area contributed by atoms with E-state index in [1.54, 1.807) is 23.9 Å². The van der Waals surface area contributed by atoms with E-state index >= 15 is 0 Å². The summed E-state index contributed by atoms with van der Waals surface area (Å²) < 4.78 is 11.2. The zero-order valence-corrected chi connectivity index (χ0v) is 10.8. The van der Waals surface area contributed by atoms with Gasteiger partial charge in [-0.15, -0.1) is 11.3 Å². The molecule has 2 nitrogen and oxygen atoms in total. The summed E-state index contributed by atoms with van der Waals surface area (Å²) in [5.41, 5.74) is 1.39. The summed E-state index contributed by atoms with van der Waals surface area (Å²) in [5.74, 6) is 1.68. The maximum absolute atomic E-state index is 5.88. The van der Waals surface area contributed by atoms with E-state index in [4.69, 9.17) is 9.47 Å². The largest absolute Gasteiger partial charge is 0.465 e. The number of hydrogen-bond acceptors (Lipinski definition) is 3. The Hall–Kier alpha value is -1.74. The Morgan fingerprint density at radius 1 is 1.28 bits per heavy atom. The van der Waals surface area contributed by atoms with E-state index in [9.17, 15) is 0 Å². The molecular weight excluding hydrogens is 244 g/mol. The van der Waals surface area contributed by atoms with Gasteiger partial charge in [-0.1, -0.05) is 29.9 Å². The third-order valence-corrected chi connectivity index (χ3v) is 3.77. The Bertz CT molecular complexity index is 533. The molecule has 0 unspecified atom stereocenters. The van der Waals surface area contributed by atoms with E-state index in [2.05, 4.69) is 18.2 Å². The standard InChI is InChI=1S/C15H14O2S/c1-2-5-12(6-3-1)9-13-10-16-11-14(17-13)15-7-4-8-18-15/h1-2,4-5,7-8,10-11H,3,6,9H2. The van der Waals surface area contributed by atoms with Crippen molar-refractivity contribution >= 4 is 17.1 Å². The van der Waals surface area contributed by atoms with Crippen LogP contribution in [0.15, 0.2) is 59.6 Å². The number of allylic oxidation sites excluding steroid dienone is 4. The van der Waals surface area contributed by atoms with Crippen LogP contribution in [0.5, 0.6) is 0 Å². The predicted molar refractivity (Wildman–Crippen MR) is 73.6 cm³/mol. The summed E-state index contributed by atoms with van der Waals surface area (Å²) in [7, 11) is 0. The van der Waals surface area contributed by atoms with Crippen molar-refractivity contribution < 1.29 is 9.47 Å². The van der Waals surface area contributed by atoms with Gasteiger partial charge in [0.1, 0.15) is 18.3 Å². The quantitative estimate of drug-likeness (QED) is 0.788. The summed E-state index contributed by atoms with van der Waals surface area (Å²) >= 11 is 1.65. The molecule has 0 bridgehead atoms. The summed E-state index contributed by atoms with van der Waals surface area (Å²) in [6, 6.07) is 4.04. The van der Waals surface area contributed by atoms with Gasteiger partial charge in [0.15, 0.2) is 5.76 Å². The molecule has 0 saturated carbocycles. The molecular formula is C15H14O2S. The van der Waals surface area contributed by atoms with Gasteiger partial charge in [0.2, 0.25) is 0 Å². The normalized spacial score (nSPS) is 18.3. The van der Waals surface area contributed by atoms with Crippen LogP contribution in [0.25, 0.3) is 5.76 Å². The second-order valence-corrected chi connectivity index (χ2v) is 5.20. The first-order valence-corrected chi connectivity index (χ1v) is 6.91. The molecule has 1 aromatic heterocycles.